The predicted molar refractivity (Wildman–Crippen MR) is 58.0 cm³/mol. The van der Waals surface area contributed by atoms with E-state index < -0.39 is 66.2 Å². The van der Waals surface area contributed by atoms with Gasteiger partial charge in [0.05, 0.1) is 6.20 Å². The smallest absolute Gasteiger partial charge is 0.450 e. The Labute approximate surface area is 144 Å². The maximum absolute atomic E-state index is 13.4. The molecule has 0 bridgehead atoms. The molecule has 0 unspecified atom stereocenters. The van der Waals surface area contributed by atoms with Crippen LogP contribution in [0, 0.1) is 0 Å². The molecule has 28 heavy (non-hydrogen) atoms. The minimum Gasteiger partial charge on any atom is -0.484 e. The molecule has 1 heterocycles. The zero-order valence-electron chi connectivity index (χ0n) is 12.5. The second-order valence-corrected chi connectivity index (χ2v) is 4.83. The van der Waals surface area contributed by atoms with Gasteiger partial charge in [-0.05, 0) is 6.08 Å². The summed E-state index contributed by atoms with van der Waals surface area (Å²) in [6.07, 6.45) is -26.3. The van der Waals surface area contributed by atoms with Gasteiger partial charge in [-0.2, -0.15) is 61.5 Å². The van der Waals surface area contributed by atoms with E-state index in [9.17, 15) is 61.5 Å². The number of allylic oxidation sites excluding steroid dienone is 2. The number of halogens is 14. The van der Waals surface area contributed by atoms with Gasteiger partial charge >= 0.3 is 36.7 Å². The Balaban J connectivity index is 3.37. The number of hydrogen-bond acceptors (Lipinski definition) is 3. The number of hydrogen-bond donors (Lipinski definition) is 0. The highest BCUT2D eigenvalue weighted by Gasteiger charge is 2.82. The Morgan fingerprint density at radius 2 is 1.25 bits per heavy atom. The largest absolute Gasteiger partial charge is 0.484 e. The average Bonchev–Trinajstić information content (AvgIpc) is 2.40. The zero-order chi connectivity index (χ0) is 22.4. The molecule has 1 aliphatic rings. The van der Waals surface area contributed by atoms with E-state index in [4.69, 9.17) is 0 Å². The van der Waals surface area contributed by atoms with Crippen LogP contribution < -0.4 is 0 Å². The minimum atomic E-state index is -6.44. The molecule has 0 N–H and O–H groups in total. The lowest BCUT2D eigenvalue weighted by Gasteiger charge is -2.46. The van der Waals surface area contributed by atoms with Crippen molar-refractivity contribution >= 4 is 0 Å². The highest BCUT2D eigenvalue weighted by molar-refractivity contribution is 5.08. The van der Waals surface area contributed by atoms with Gasteiger partial charge in [0.2, 0.25) is 5.76 Å². The minimum absolute atomic E-state index is 0.168. The first-order valence-corrected chi connectivity index (χ1v) is 6.32. The maximum Gasteiger partial charge on any atom is 0.450 e. The van der Waals surface area contributed by atoms with Crippen molar-refractivity contribution in [1.82, 2.24) is 4.90 Å². The van der Waals surface area contributed by atoms with Crippen LogP contribution in [0.2, 0.25) is 0 Å². The Kier molecular flexibility index (Phi) is 5.89. The summed E-state index contributed by atoms with van der Waals surface area (Å²) >= 11 is 0. The van der Waals surface area contributed by atoms with E-state index in [0.717, 1.165) is 0 Å². The highest BCUT2D eigenvalue weighted by atomic mass is 19.4. The molecule has 0 amide bonds. The third-order valence-corrected chi connectivity index (χ3v) is 2.73. The lowest BCUT2D eigenvalue weighted by Crippen LogP contribution is -2.72. The molecule has 0 aromatic carbocycles. The van der Waals surface area contributed by atoms with Gasteiger partial charge in [0.1, 0.15) is 6.61 Å². The van der Waals surface area contributed by atoms with Crippen LogP contribution in [-0.2, 0) is 9.47 Å². The third-order valence-electron chi connectivity index (χ3n) is 2.73. The van der Waals surface area contributed by atoms with Crippen molar-refractivity contribution in [2.75, 3.05) is 6.61 Å². The summed E-state index contributed by atoms with van der Waals surface area (Å²) in [4.78, 5) is -2.64. The van der Waals surface area contributed by atoms with Crippen molar-refractivity contribution in [3.05, 3.63) is 24.1 Å². The van der Waals surface area contributed by atoms with Crippen LogP contribution in [0.15, 0.2) is 24.1 Å². The van der Waals surface area contributed by atoms with Gasteiger partial charge in [-0.3, -0.25) is 0 Å². The first-order chi connectivity index (χ1) is 12.2. The molecule has 0 aromatic rings. The van der Waals surface area contributed by atoms with E-state index in [1.54, 1.807) is 0 Å². The topological polar surface area (TPSA) is 21.7 Å². The molecule has 3 nitrogen and oxygen atoms in total. The van der Waals surface area contributed by atoms with Crippen molar-refractivity contribution in [3.63, 3.8) is 0 Å². The molecule has 1 aliphatic heterocycles. The molecule has 0 spiro atoms. The lowest BCUT2D eigenvalue weighted by molar-refractivity contribution is -0.555. The Bertz CT molecular complexity index is 606. The zero-order valence-corrected chi connectivity index (χ0v) is 12.5. The van der Waals surface area contributed by atoms with E-state index in [0.29, 0.717) is 0 Å². The number of ether oxygens (including phenoxy) is 2. The first-order valence-electron chi connectivity index (χ1n) is 6.32. The molecular formula is C11H5F14NO2. The summed E-state index contributed by atoms with van der Waals surface area (Å²) in [6, 6.07) is -12.9. The summed E-state index contributed by atoms with van der Waals surface area (Å²) in [5.41, 5.74) is 0. The van der Waals surface area contributed by atoms with Gasteiger partial charge < -0.3 is 4.74 Å². The highest BCUT2D eigenvalue weighted by Crippen LogP contribution is 2.56. The molecule has 0 atom stereocenters. The number of morpholine rings is 1. The molecule has 17 heteroatoms. The van der Waals surface area contributed by atoms with Crippen molar-refractivity contribution in [3.8, 4) is 0 Å². The number of alkyl halides is 14. The van der Waals surface area contributed by atoms with Crippen LogP contribution >= 0.6 is 0 Å². The summed E-state index contributed by atoms with van der Waals surface area (Å²) in [5.74, 6) is -2.99. The van der Waals surface area contributed by atoms with Crippen molar-refractivity contribution in [1.29, 1.82) is 0 Å². The van der Waals surface area contributed by atoms with Gasteiger partial charge in [0.25, 0.3) is 0 Å². The maximum atomic E-state index is 13.4. The number of nitrogens with zero attached hydrogens (tertiary/aromatic N) is 1. The van der Waals surface area contributed by atoms with Crippen molar-refractivity contribution < 1.29 is 70.9 Å². The van der Waals surface area contributed by atoms with Crippen LogP contribution in [0.3, 0.4) is 0 Å². The van der Waals surface area contributed by atoms with Crippen LogP contribution in [-0.4, -0.2) is 48.2 Å². The van der Waals surface area contributed by atoms with Crippen molar-refractivity contribution in [2.24, 2.45) is 0 Å². The van der Waals surface area contributed by atoms with Crippen LogP contribution in [0.4, 0.5) is 61.5 Å². The predicted octanol–water partition coefficient (Wildman–Crippen LogP) is 5.23. The summed E-state index contributed by atoms with van der Waals surface area (Å²) in [7, 11) is 0. The molecular weight excluding hydrogens is 444 g/mol. The quantitative estimate of drug-likeness (QED) is 0.254. The summed E-state index contributed by atoms with van der Waals surface area (Å²) in [5, 5.41) is 0. The third kappa shape index (κ3) is 4.72. The summed E-state index contributed by atoms with van der Waals surface area (Å²) < 4.78 is 184. The molecule has 0 aliphatic carbocycles. The fourth-order valence-corrected chi connectivity index (χ4v) is 1.53. The van der Waals surface area contributed by atoms with Gasteiger partial charge in [-0.15, -0.1) is 0 Å². The standard InChI is InChI=1S/C11H5F14NO2/c12-6(13,14)2-1-3-27-5(7(15,16)17)4-26-8(18,19)10(22,23)28-11(24,25)9(26,20)21/h1-2,4H,3H2/b2-1+,5-4?. The fourth-order valence-electron chi connectivity index (χ4n) is 1.53. The van der Waals surface area contributed by atoms with Crippen molar-refractivity contribution in [2.45, 2.75) is 36.7 Å². The van der Waals surface area contributed by atoms with E-state index in [2.05, 4.69) is 4.74 Å². The van der Waals surface area contributed by atoms with Crippen LogP contribution in [0.25, 0.3) is 0 Å². The number of rotatable bonds is 4. The van der Waals surface area contributed by atoms with E-state index >= 15 is 0 Å². The second-order valence-electron chi connectivity index (χ2n) is 4.83. The Morgan fingerprint density at radius 1 is 0.821 bits per heavy atom. The average molecular weight is 449 g/mol. The van der Waals surface area contributed by atoms with Gasteiger partial charge in [-0.1, -0.05) is 0 Å². The van der Waals surface area contributed by atoms with Crippen LogP contribution in [0.5, 0.6) is 0 Å². The molecule has 0 aromatic heterocycles. The van der Waals surface area contributed by atoms with Crippen LogP contribution in [0.1, 0.15) is 0 Å². The lowest BCUT2D eigenvalue weighted by atomic mass is 10.3. The normalized spacial score (nSPS) is 24.5. The molecule has 1 saturated heterocycles. The first kappa shape index (κ1) is 24.1. The SMILES string of the molecule is FC(F)(F)/C=C/COC(=CN1C(F)(F)C(F)(F)OC(F)(F)C1(F)F)C(F)(F)F. The second kappa shape index (κ2) is 6.84. The monoisotopic (exact) mass is 449 g/mol. The molecule has 164 valence electrons. The molecule has 0 saturated carbocycles. The van der Waals surface area contributed by atoms with E-state index in [1.807, 2.05) is 4.74 Å². The molecule has 1 rings (SSSR count). The van der Waals surface area contributed by atoms with E-state index in [-0.39, 0.29) is 6.08 Å². The van der Waals surface area contributed by atoms with Gasteiger partial charge in [0.15, 0.2) is 0 Å². The Morgan fingerprint density at radius 3 is 1.61 bits per heavy atom. The molecule has 1 fully saturated rings. The molecule has 0 radical (unpaired) electrons. The fraction of sp³-hybridized carbons (Fsp3) is 0.636. The summed E-state index contributed by atoms with van der Waals surface area (Å²) in [6.45, 7) is -1.72. The van der Waals surface area contributed by atoms with E-state index in [1.165, 1.54) is 0 Å². The Hall–Kier alpha value is -1.94. The van der Waals surface area contributed by atoms with Gasteiger partial charge in [-0.25, -0.2) is 9.64 Å². The van der Waals surface area contributed by atoms with Gasteiger partial charge in [0, 0.05) is 6.08 Å².